The summed E-state index contributed by atoms with van der Waals surface area (Å²) in [5.41, 5.74) is 1.42. The molecule has 5 rings (SSSR count). The maximum Gasteiger partial charge on any atom is 0.343 e. The quantitative estimate of drug-likeness (QED) is 0.0145. The van der Waals surface area contributed by atoms with Crippen molar-refractivity contribution in [2.75, 3.05) is 25.2 Å². The Hall–Kier alpha value is -7.50. The Labute approximate surface area is 427 Å². The lowest BCUT2D eigenvalue weighted by Gasteiger charge is -2.34. The molecule has 0 saturated heterocycles. The Morgan fingerprint density at radius 1 is 0.667 bits per heavy atom. The van der Waals surface area contributed by atoms with Crippen LogP contribution >= 0.6 is 22.9 Å². The molecule has 4 aromatic carbocycles. The number of thiazole rings is 1. The summed E-state index contributed by atoms with van der Waals surface area (Å²) in [6.45, 7) is 24.0. The van der Waals surface area contributed by atoms with Crippen molar-refractivity contribution in [3.63, 3.8) is 0 Å². The second-order valence-electron chi connectivity index (χ2n) is 18.6. The molecular weight excluding hydrogens is 966 g/mol. The van der Waals surface area contributed by atoms with Gasteiger partial charge < -0.3 is 37.9 Å². The van der Waals surface area contributed by atoms with Crippen LogP contribution in [0.3, 0.4) is 0 Å². The predicted molar refractivity (Wildman–Crippen MR) is 276 cm³/mol. The standard InChI is InChI=1S/C54H58ClN3O13S/c1-12-45(59)69-52(6,7)31-51(4,5)68-39-20-16-35(17-21-39)48(62)64-26-25-34-15-23-41(37(27-34)30-56-58-50-57-40-22-19-38(55)29-44(40)72-50)67-49(63)36-18-24-42(65-32-53(8,9)70-46(60)13-2)43(28-36)66-33-54(10,11)71-47(61)14-3/h12-24,27-30H,1-3,25-26,31-33H2,4-11H3,(H,57,58)/b56-30+. The first kappa shape index (κ1) is 55.4. The van der Waals surface area contributed by atoms with E-state index in [1.807, 2.05) is 13.8 Å². The Kier molecular flexibility index (Phi) is 18.5. The highest BCUT2D eigenvalue weighted by Gasteiger charge is 2.33. The van der Waals surface area contributed by atoms with Crippen LogP contribution in [0.5, 0.6) is 23.0 Å². The fraction of sp³-hybridized carbons (Fsp3) is 0.315. The van der Waals surface area contributed by atoms with Crippen molar-refractivity contribution in [1.82, 2.24) is 4.98 Å². The predicted octanol–water partition coefficient (Wildman–Crippen LogP) is 10.8. The first-order valence-corrected chi connectivity index (χ1v) is 23.7. The van der Waals surface area contributed by atoms with E-state index in [1.165, 1.54) is 35.8 Å². The van der Waals surface area contributed by atoms with Crippen LogP contribution in [0.25, 0.3) is 10.2 Å². The molecule has 1 heterocycles. The smallest absolute Gasteiger partial charge is 0.343 e. The van der Waals surface area contributed by atoms with Crippen LogP contribution < -0.4 is 24.4 Å². The van der Waals surface area contributed by atoms with Gasteiger partial charge in [-0.25, -0.2) is 29.0 Å². The number of carbonyl (C=O) groups is 5. The van der Waals surface area contributed by atoms with Gasteiger partial charge in [-0.2, -0.15) is 5.10 Å². The number of carbonyl (C=O) groups excluding carboxylic acids is 5. The number of halogens is 1. The largest absolute Gasteiger partial charge is 0.488 e. The van der Waals surface area contributed by atoms with Crippen LogP contribution in [0.4, 0.5) is 5.13 Å². The lowest BCUT2D eigenvalue weighted by molar-refractivity contribution is -0.154. The molecular formula is C54H58ClN3O13S. The molecule has 18 heteroatoms. The van der Waals surface area contributed by atoms with Gasteiger partial charge in [0.25, 0.3) is 0 Å². The number of ether oxygens (including phenoxy) is 8. The van der Waals surface area contributed by atoms with Gasteiger partial charge in [0.15, 0.2) is 11.5 Å². The Bertz CT molecular complexity index is 2850. The number of esters is 5. The molecule has 0 atom stereocenters. The number of hydrazone groups is 1. The first-order valence-electron chi connectivity index (χ1n) is 22.5. The zero-order chi connectivity index (χ0) is 52.9. The summed E-state index contributed by atoms with van der Waals surface area (Å²) in [5.74, 6) is -2.19. The van der Waals surface area contributed by atoms with Crippen LogP contribution in [0.1, 0.15) is 93.7 Å². The minimum absolute atomic E-state index is 0.0134. The molecule has 0 amide bonds. The van der Waals surface area contributed by atoms with Crippen LogP contribution in [0.15, 0.2) is 122 Å². The van der Waals surface area contributed by atoms with E-state index in [-0.39, 0.29) is 42.6 Å². The minimum Gasteiger partial charge on any atom is -0.488 e. The molecule has 72 heavy (non-hydrogen) atoms. The van der Waals surface area contributed by atoms with Crippen LogP contribution in [0, 0.1) is 0 Å². The number of benzene rings is 4. The molecule has 380 valence electrons. The van der Waals surface area contributed by atoms with E-state index in [0.717, 1.165) is 34.0 Å². The highest BCUT2D eigenvalue weighted by atomic mass is 35.5. The van der Waals surface area contributed by atoms with E-state index in [4.69, 9.17) is 49.5 Å². The van der Waals surface area contributed by atoms with Crippen molar-refractivity contribution in [1.29, 1.82) is 0 Å². The molecule has 0 radical (unpaired) electrons. The molecule has 0 spiro atoms. The molecule has 0 saturated carbocycles. The summed E-state index contributed by atoms with van der Waals surface area (Å²) in [6, 6.07) is 21.3. The molecule has 0 bridgehead atoms. The van der Waals surface area contributed by atoms with E-state index in [9.17, 15) is 24.0 Å². The number of aromatic nitrogens is 1. The van der Waals surface area contributed by atoms with Crippen molar-refractivity contribution < 1.29 is 61.9 Å². The van der Waals surface area contributed by atoms with Gasteiger partial charge in [0.1, 0.15) is 47.1 Å². The lowest BCUT2D eigenvalue weighted by Crippen LogP contribution is -2.40. The van der Waals surface area contributed by atoms with Gasteiger partial charge in [0.05, 0.1) is 34.2 Å². The van der Waals surface area contributed by atoms with Gasteiger partial charge in [-0.05, 0) is 134 Å². The molecule has 1 aromatic heterocycles. The highest BCUT2D eigenvalue weighted by molar-refractivity contribution is 7.22. The van der Waals surface area contributed by atoms with E-state index >= 15 is 0 Å². The summed E-state index contributed by atoms with van der Waals surface area (Å²) < 4.78 is 47.0. The molecule has 0 aliphatic carbocycles. The topological polar surface area (TPSA) is 196 Å². The van der Waals surface area contributed by atoms with Gasteiger partial charge in [-0.15, -0.1) is 0 Å². The Morgan fingerprint density at radius 3 is 1.88 bits per heavy atom. The van der Waals surface area contributed by atoms with Gasteiger partial charge in [0.2, 0.25) is 5.13 Å². The zero-order valence-electron chi connectivity index (χ0n) is 41.5. The summed E-state index contributed by atoms with van der Waals surface area (Å²) in [4.78, 5) is 67.4. The third-order valence-electron chi connectivity index (χ3n) is 9.91. The van der Waals surface area contributed by atoms with Crippen molar-refractivity contribution in [2.45, 2.75) is 90.6 Å². The average molecular weight is 1020 g/mol. The number of nitrogens with one attached hydrogen (secondary N) is 1. The molecule has 1 N–H and O–H groups in total. The van der Waals surface area contributed by atoms with Crippen LogP contribution in [-0.4, -0.2) is 83.3 Å². The Morgan fingerprint density at radius 2 is 1.25 bits per heavy atom. The summed E-state index contributed by atoms with van der Waals surface area (Å²) in [6.07, 6.45) is 5.33. The van der Waals surface area contributed by atoms with E-state index in [0.29, 0.717) is 39.9 Å². The summed E-state index contributed by atoms with van der Waals surface area (Å²) in [7, 11) is 0. The van der Waals surface area contributed by atoms with Crippen molar-refractivity contribution in [2.24, 2.45) is 5.10 Å². The van der Waals surface area contributed by atoms with Crippen LogP contribution in [0.2, 0.25) is 5.02 Å². The average Bonchev–Trinajstić information content (AvgIpc) is 3.71. The monoisotopic (exact) mass is 1020 g/mol. The maximum absolute atomic E-state index is 13.9. The number of hydrogen-bond donors (Lipinski definition) is 1. The van der Waals surface area contributed by atoms with Crippen molar-refractivity contribution in [3.05, 3.63) is 144 Å². The molecule has 5 aromatic rings. The molecule has 0 aliphatic heterocycles. The van der Waals surface area contributed by atoms with E-state index in [2.05, 4.69) is 35.2 Å². The van der Waals surface area contributed by atoms with Gasteiger partial charge >= 0.3 is 29.8 Å². The van der Waals surface area contributed by atoms with E-state index < -0.39 is 52.3 Å². The molecule has 16 nitrogen and oxygen atoms in total. The second-order valence-corrected chi connectivity index (χ2v) is 20.1. The highest BCUT2D eigenvalue weighted by Crippen LogP contribution is 2.33. The molecule has 0 unspecified atom stereocenters. The fourth-order valence-corrected chi connectivity index (χ4v) is 8.09. The number of hydrogen-bond acceptors (Lipinski definition) is 17. The molecule has 0 fully saturated rings. The third kappa shape index (κ3) is 17.1. The Balaban J connectivity index is 1.33. The van der Waals surface area contributed by atoms with Crippen LogP contribution in [-0.2, 0) is 39.8 Å². The normalized spacial score (nSPS) is 11.8. The van der Waals surface area contributed by atoms with Gasteiger partial charge in [0, 0.05) is 41.7 Å². The number of fused-ring (bicyclic) bond motifs is 1. The van der Waals surface area contributed by atoms with Crippen molar-refractivity contribution in [3.8, 4) is 23.0 Å². The summed E-state index contributed by atoms with van der Waals surface area (Å²) >= 11 is 7.53. The molecule has 0 aliphatic rings. The number of nitrogens with zero attached hydrogens (tertiary/aromatic N) is 2. The van der Waals surface area contributed by atoms with Crippen molar-refractivity contribution >= 4 is 74.3 Å². The SMILES string of the molecule is C=CC(=O)OC(C)(C)COc1ccc(C(=O)Oc2ccc(CCOC(=O)c3ccc(OC(C)(C)CC(C)(C)OC(=O)C=C)cc3)cc2/C=N/Nc2nc3ccc(Cl)cc3s2)cc1OCC(C)(C)OC(=O)C=C. The number of rotatable bonds is 25. The summed E-state index contributed by atoms with van der Waals surface area (Å²) in [5, 5.41) is 5.46. The zero-order valence-corrected chi connectivity index (χ0v) is 43.0. The second kappa shape index (κ2) is 24.1. The number of anilines is 1. The maximum atomic E-state index is 13.9. The van der Waals surface area contributed by atoms with Gasteiger partial charge in [-0.3, -0.25) is 5.43 Å². The first-order chi connectivity index (χ1) is 33.9. The fourth-order valence-electron chi connectivity index (χ4n) is 7.00. The lowest BCUT2D eigenvalue weighted by atomic mass is 9.92. The third-order valence-corrected chi connectivity index (χ3v) is 11.1. The van der Waals surface area contributed by atoms with E-state index in [1.54, 1.807) is 102 Å². The minimum atomic E-state index is -1.12. The van der Waals surface area contributed by atoms with Gasteiger partial charge in [-0.1, -0.05) is 48.7 Å².